The molecule has 0 fully saturated rings. The zero-order chi connectivity index (χ0) is 20.0. The fourth-order valence-electron chi connectivity index (χ4n) is 2.72. The summed E-state index contributed by atoms with van der Waals surface area (Å²) in [6.45, 7) is 2.02. The van der Waals surface area contributed by atoms with Crippen molar-refractivity contribution in [3.63, 3.8) is 0 Å². The number of aromatic nitrogens is 4. The third kappa shape index (κ3) is 3.81. The Morgan fingerprint density at radius 3 is 1.76 bits per heavy atom. The first-order valence-corrected chi connectivity index (χ1v) is 12.1. The van der Waals surface area contributed by atoms with Crippen LogP contribution in [0, 0.1) is 10.1 Å². The molecule has 0 aliphatic heterocycles. The predicted molar refractivity (Wildman–Crippen MR) is 127 cm³/mol. The van der Waals surface area contributed by atoms with Crippen LogP contribution in [-0.2, 0) is 0 Å². The van der Waals surface area contributed by atoms with Crippen LogP contribution in [-0.4, -0.2) is 19.9 Å². The molecule has 142 valence electrons. The zero-order valence-corrected chi connectivity index (χ0v) is 18.9. The molecule has 0 saturated heterocycles. The monoisotopic (exact) mass is 470 g/mol. The summed E-state index contributed by atoms with van der Waals surface area (Å²) in [4.78, 5) is 32.4. The molecule has 0 saturated carbocycles. The van der Waals surface area contributed by atoms with Crippen LogP contribution >= 0.6 is 57.6 Å². The first-order valence-electron chi connectivity index (χ1n) is 8.40. The lowest BCUT2D eigenvalue weighted by molar-refractivity contribution is 1.40. The summed E-state index contributed by atoms with van der Waals surface area (Å²) >= 11 is 10.5. The molecule has 0 atom stereocenters. The molecule has 6 rings (SSSR count). The summed E-state index contributed by atoms with van der Waals surface area (Å²) in [6.07, 6.45) is 0. The topological polar surface area (TPSA) is 68.6 Å². The summed E-state index contributed by atoms with van der Waals surface area (Å²) in [5.41, 5.74) is 4.73. The summed E-state index contributed by atoms with van der Waals surface area (Å²) in [7, 11) is 0. The van der Waals surface area contributed by atoms with Crippen LogP contribution in [0.1, 0.15) is 5.56 Å². The quantitative estimate of drug-likeness (QED) is 0.246. The standard InChI is InChI=1S/C10H6N2OS2.C9H4N2S3/c1-5-2-3-6-7(4-5)12-9-8(11-6)14-10(13)15-9;12-9-13-7-8(14-9)11-6-4-2-1-3-5(6)10-7/h2-4H,1H3;1-4H. The highest BCUT2D eigenvalue weighted by Gasteiger charge is 2.06. The largest absolute Gasteiger partial charge is 0.291 e. The highest BCUT2D eigenvalue weighted by atomic mass is 32.2. The minimum Gasteiger partial charge on any atom is -0.265 e. The van der Waals surface area contributed by atoms with Crippen molar-refractivity contribution in [2.45, 2.75) is 6.92 Å². The molecule has 0 bridgehead atoms. The summed E-state index contributed by atoms with van der Waals surface area (Å²) in [5, 5.41) is 0. The molecule has 0 radical (unpaired) electrons. The van der Waals surface area contributed by atoms with E-state index in [-0.39, 0.29) is 4.06 Å². The van der Waals surface area contributed by atoms with Gasteiger partial charge in [0.05, 0.1) is 22.1 Å². The molecule has 0 spiro atoms. The molecule has 0 aliphatic rings. The Kier molecular flexibility index (Phi) is 4.88. The molecule has 6 aromatic rings. The van der Waals surface area contributed by atoms with Gasteiger partial charge in [0.2, 0.25) is 0 Å². The summed E-state index contributed by atoms with van der Waals surface area (Å²) < 4.78 is 0.937. The van der Waals surface area contributed by atoms with Gasteiger partial charge in [-0.2, -0.15) is 0 Å². The lowest BCUT2D eigenvalue weighted by Crippen LogP contribution is -1.83. The molecular weight excluding hydrogens is 461 g/mol. The highest BCUT2D eigenvalue weighted by molar-refractivity contribution is 7.77. The molecule has 0 N–H and O–H groups in total. The van der Waals surface area contributed by atoms with Crippen LogP contribution in [0.25, 0.3) is 41.4 Å². The molecule has 2 aromatic carbocycles. The normalized spacial score (nSPS) is 11.2. The summed E-state index contributed by atoms with van der Waals surface area (Å²) in [6, 6.07) is 13.8. The van der Waals surface area contributed by atoms with Gasteiger partial charge in [-0.1, -0.05) is 75.8 Å². The molecule has 4 aromatic heterocycles. The van der Waals surface area contributed by atoms with Crippen LogP contribution in [0.4, 0.5) is 0 Å². The predicted octanol–water partition coefficient (Wildman–Crippen LogP) is 6.21. The van der Waals surface area contributed by atoms with Crippen LogP contribution in [0.15, 0.2) is 47.3 Å². The number of para-hydroxylation sites is 2. The van der Waals surface area contributed by atoms with E-state index in [1.165, 1.54) is 22.7 Å². The van der Waals surface area contributed by atoms with Gasteiger partial charge in [-0.3, -0.25) is 4.79 Å². The number of fused-ring (bicyclic) bond motifs is 4. The molecule has 4 heterocycles. The Morgan fingerprint density at radius 1 is 0.690 bits per heavy atom. The second-order valence-electron chi connectivity index (χ2n) is 6.06. The van der Waals surface area contributed by atoms with Crippen molar-refractivity contribution in [3.05, 3.63) is 60.0 Å². The Bertz CT molecular complexity index is 1570. The van der Waals surface area contributed by atoms with Crippen LogP contribution in [0.2, 0.25) is 0 Å². The van der Waals surface area contributed by atoms with Crippen molar-refractivity contribution in [2.24, 2.45) is 0 Å². The van der Waals surface area contributed by atoms with Crippen LogP contribution < -0.4 is 4.06 Å². The van der Waals surface area contributed by atoms with E-state index in [0.29, 0.717) is 0 Å². The maximum Gasteiger partial charge on any atom is 0.291 e. The lowest BCUT2D eigenvalue weighted by Gasteiger charge is -1.97. The molecule has 0 aliphatic carbocycles. The third-order valence-corrected chi connectivity index (χ3v) is 8.32. The molecule has 29 heavy (non-hydrogen) atoms. The van der Waals surface area contributed by atoms with Crippen molar-refractivity contribution in [3.8, 4) is 0 Å². The number of hydrogen-bond acceptors (Lipinski definition) is 10. The molecule has 0 amide bonds. The van der Waals surface area contributed by atoms with E-state index >= 15 is 0 Å². The maximum atomic E-state index is 11.2. The van der Waals surface area contributed by atoms with Gasteiger partial charge < -0.3 is 0 Å². The second-order valence-corrected chi connectivity index (χ2v) is 11.4. The van der Waals surface area contributed by atoms with E-state index in [4.69, 9.17) is 12.2 Å². The van der Waals surface area contributed by atoms with Gasteiger partial charge in [0, 0.05) is 0 Å². The van der Waals surface area contributed by atoms with Crippen molar-refractivity contribution in [1.29, 1.82) is 0 Å². The van der Waals surface area contributed by atoms with Gasteiger partial charge in [-0.15, -0.1) is 0 Å². The van der Waals surface area contributed by atoms with Crippen molar-refractivity contribution < 1.29 is 0 Å². The van der Waals surface area contributed by atoms with Gasteiger partial charge in [0.15, 0.2) is 19.3 Å². The Hall–Kier alpha value is -2.24. The molecule has 5 nitrogen and oxygen atoms in total. The lowest BCUT2D eigenvalue weighted by atomic mass is 10.2. The smallest absolute Gasteiger partial charge is 0.265 e. The molecule has 10 heteroatoms. The minimum atomic E-state index is 0.0528. The van der Waals surface area contributed by atoms with E-state index in [1.807, 2.05) is 49.4 Å². The SMILES string of the molecule is Cc1ccc2nc3sc(=O)sc3nc2c1.S=c1sc2nc3ccccc3nc2s1. The van der Waals surface area contributed by atoms with Crippen molar-refractivity contribution in [2.75, 3.05) is 0 Å². The first kappa shape index (κ1) is 18.8. The number of benzene rings is 2. The van der Waals surface area contributed by atoms with E-state index in [2.05, 4.69) is 19.9 Å². The highest BCUT2D eigenvalue weighted by Crippen LogP contribution is 2.26. The van der Waals surface area contributed by atoms with Crippen molar-refractivity contribution in [1.82, 2.24) is 19.9 Å². The number of aryl methyl sites for hydroxylation is 1. The zero-order valence-electron chi connectivity index (χ0n) is 14.8. The second kappa shape index (κ2) is 7.54. The fourth-order valence-corrected chi connectivity index (χ4v) is 6.72. The van der Waals surface area contributed by atoms with Gasteiger partial charge in [-0.25, -0.2) is 19.9 Å². The first-order chi connectivity index (χ1) is 14.0. The van der Waals surface area contributed by atoms with E-state index in [0.717, 1.165) is 72.8 Å². The van der Waals surface area contributed by atoms with Crippen LogP contribution in [0.3, 0.4) is 0 Å². The Balaban J connectivity index is 0.000000125. The van der Waals surface area contributed by atoms with E-state index in [1.54, 1.807) is 0 Å². The number of nitrogens with zero attached hydrogens (tertiary/aromatic N) is 4. The average Bonchev–Trinajstić information content (AvgIpc) is 3.24. The number of hydrogen-bond donors (Lipinski definition) is 0. The third-order valence-electron chi connectivity index (χ3n) is 3.99. The van der Waals surface area contributed by atoms with Crippen molar-refractivity contribution >= 4 is 99.0 Å². The number of rotatable bonds is 0. The average molecular weight is 471 g/mol. The van der Waals surface area contributed by atoms with Gasteiger partial charge in [-0.05, 0) is 36.8 Å². The fraction of sp³-hybridized carbons (Fsp3) is 0.0526. The van der Waals surface area contributed by atoms with Gasteiger partial charge in [0.1, 0.15) is 3.14 Å². The molecule has 0 unspecified atom stereocenters. The maximum absolute atomic E-state index is 11.2. The Labute approximate surface area is 185 Å². The summed E-state index contributed by atoms with van der Waals surface area (Å²) in [5.74, 6) is 0. The van der Waals surface area contributed by atoms with Crippen LogP contribution in [0.5, 0.6) is 0 Å². The molecular formula is C19H10N4OS5. The van der Waals surface area contributed by atoms with Gasteiger partial charge >= 0.3 is 0 Å². The Morgan fingerprint density at radius 2 is 1.17 bits per heavy atom. The minimum absolute atomic E-state index is 0.0528. The van der Waals surface area contributed by atoms with E-state index in [9.17, 15) is 4.79 Å². The van der Waals surface area contributed by atoms with E-state index < -0.39 is 0 Å². The van der Waals surface area contributed by atoms with Gasteiger partial charge in [0.25, 0.3) is 4.06 Å².